The van der Waals surface area contributed by atoms with Gasteiger partial charge in [-0.15, -0.1) is 0 Å². The second-order valence-electron chi connectivity index (χ2n) is 7.01. The van der Waals surface area contributed by atoms with Crippen molar-refractivity contribution >= 4 is 11.9 Å². The summed E-state index contributed by atoms with van der Waals surface area (Å²) in [4.78, 5) is 25.7. The van der Waals surface area contributed by atoms with Crippen LogP contribution >= 0.6 is 0 Å². The number of nitrogens with zero attached hydrogens (tertiary/aromatic N) is 1. The normalized spacial score (nSPS) is 13.5. The number of amides is 1. The molecule has 1 heterocycles. The molecule has 0 aliphatic carbocycles. The van der Waals surface area contributed by atoms with Crippen LogP contribution in [-0.4, -0.2) is 48.7 Å². The van der Waals surface area contributed by atoms with Crippen LogP contribution in [0.5, 0.6) is 11.5 Å². The average molecular weight is 383 g/mol. The van der Waals surface area contributed by atoms with E-state index in [0.29, 0.717) is 24.4 Å². The molecule has 0 bridgehead atoms. The first kappa shape index (κ1) is 19.7. The summed E-state index contributed by atoms with van der Waals surface area (Å²) in [6.07, 6.45) is 1.54. The van der Waals surface area contributed by atoms with Crippen molar-refractivity contribution < 1.29 is 24.2 Å². The van der Waals surface area contributed by atoms with Crippen LogP contribution in [-0.2, 0) is 17.6 Å². The maximum Gasteiger partial charge on any atom is 0.341 e. The summed E-state index contributed by atoms with van der Waals surface area (Å²) < 4.78 is 10.8. The van der Waals surface area contributed by atoms with Crippen molar-refractivity contribution in [3.05, 3.63) is 58.1 Å². The van der Waals surface area contributed by atoms with Gasteiger partial charge < -0.3 is 19.5 Å². The van der Waals surface area contributed by atoms with Crippen LogP contribution in [0.3, 0.4) is 0 Å². The number of fused-ring (bicyclic) bond motifs is 1. The quantitative estimate of drug-likeness (QED) is 0.859. The van der Waals surface area contributed by atoms with E-state index in [1.54, 1.807) is 19.2 Å². The molecule has 0 aromatic heterocycles. The number of hydrogen-bond donors (Lipinski definition) is 1. The van der Waals surface area contributed by atoms with Crippen LogP contribution < -0.4 is 9.47 Å². The summed E-state index contributed by atoms with van der Waals surface area (Å²) in [5.74, 6) is 0.339. The molecule has 1 amide bonds. The molecule has 0 unspecified atom stereocenters. The molecule has 28 heavy (non-hydrogen) atoms. The van der Waals surface area contributed by atoms with Gasteiger partial charge in [0.15, 0.2) is 6.61 Å². The van der Waals surface area contributed by atoms with Crippen LogP contribution in [0.1, 0.15) is 32.6 Å². The van der Waals surface area contributed by atoms with Crippen LogP contribution in [0, 0.1) is 13.8 Å². The zero-order valence-corrected chi connectivity index (χ0v) is 16.4. The molecule has 0 radical (unpaired) electrons. The molecule has 6 nitrogen and oxygen atoms in total. The van der Waals surface area contributed by atoms with Crippen LogP contribution in [0.2, 0.25) is 0 Å². The predicted octanol–water partition coefficient (Wildman–Crippen LogP) is 3.02. The Morgan fingerprint density at radius 3 is 2.43 bits per heavy atom. The minimum atomic E-state index is -1.03. The SMILES string of the molecule is COc1cccc2c1CCN(C(=O)c1cc(C)c(OCC(=O)O)c(C)c1)CC2. The Morgan fingerprint density at radius 2 is 1.79 bits per heavy atom. The summed E-state index contributed by atoms with van der Waals surface area (Å²) in [5.41, 5.74) is 4.49. The first-order chi connectivity index (χ1) is 13.4. The number of benzene rings is 2. The van der Waals surface area contributed by atoms with E-state index in [9.17, 15) is 9.59 Å². The fourth-order valence-electron chi connectivity index (χ4n) is 3.76. The molecule has 0 saturated heterocycles. The van der Waals surface area contributed by atoms with Gasteiger partial charge in [0.25, 0.3) is 5.91 Å². The lowest BCUT2D eigenvalue weighted by atomic mass is 10.0. The van der Waals surface area contributed by atoms with E-state index in [1.165, 1.54) is 11.1 Å². The topological polar surface area (TPSA) is 76.1 Å². The number of hydrogen-bond acceptors (Lipinski definition) is 4. The molecule has 1 aliphatic heterocycles. The third-order valence-corrected chi connectivity index (χ3v) is 5.07. The number of methoxy groups -OCH3 is 1. The lowest BCUT2D eigenvalue weighted by molar-refractivity contribution is -0.139. The van der Waals surface area contributed by atoms with Gasteiger partial charge in [-0.25, -0.2) is 4.79 Å². The molecule has 0 atom stereocenters. The Labute approximate surface area is 164 Å². The first-order valence-electron chi connectivity index (χ1n) is 9.30. The van der Waals surface area contributed by atoms with Gasteiger partial charge in [0.2, 0.25) is 0 Å². The second-order valence-corrected chi connectivity index (χ2v) is 7.01. The zero-order valence-electron chi connectivity index (χ0n) is 16.4. The van der Waals surface area contributed by atoms with Crippen LogP contribution in [0.25, 0.3) is 0 Å². The summed E-state index contributed by atoms with van der Waals surface area (Å²) in [5, 5.41) is 8.81. The maximum atomic E-state index is 13.1. The van der Waals surface area contributed by atoms with Crippen molar-refractivity contribution in [2.24, 2.45) is 0 Å². The highest BCUT2D eigenvalue weighted by atomic mass is 16.5. The number of carboxylic acid groups (broad SMARTS) is 1. The summed E-state index contributed by atoms with van der Waals surface area (Å²) in [7, 11) is 1.67. The minimum Gasteiger partial charge on any atom is -0.496 e. The number of carbonyl (C=O) groups is 2. The van der Waals surface area contributed by atoms with Gasteiger partial charge in [-0.2, -0.15) is 0 Å². The maximum absolute atomic E-state index is 13.1. The van der Waals surface area contributed by atoms with E-state index in [1.807, 2.05) is 30.9 Å². The third kappa shape index (κ3) is 4.11. The van der Waals surface area contributed by atoms with E-state index in [-0.39, 0.29) is 5.91 Å². The number of ether oxygens (including phenoxy) is 2. The van der Waals surface area contributed by atoms with E-state index in [4.69, 9.17) is 14.6 Å². The molecule has 1 N–H and O–H groups in total. The van der Waals surface area contributed by atoms with Gasteiger partial charge in [0, 0.05) is 18.7 Å². The third-order valence-electron chi connectivity index (χ3n) is 5.07. The molecule has 0 saturated carbocycles. The van der Waals surface area contributed by atoms with Crippen molar-refractivity contribution in [1.29, 1.82) is 0 Å². The van der Waals surface area contributed by atoms with Crippen molar-refractivity contribution in [3.8, 4) is 11.5 Å². The van der Waals surface area contributed by atoms with E-state index in [2.05, 4.69) is 6.07 Å². The van der Waals surface area contributed by atoms with Crippen molar-refractivity contribution in [1.82, 2.24) is 4.90 Å². The molecular formula is C22H25NO5. The number of carboxylic acids is 1. The highest BCUT2D eigenvalue weighted by molar-refractivity contribution is 5.95. The van der Waals surface area contributed by atoms with Crippen molar-refractivity contribution in [3.63, 3.8) is 0 Å². The van der Waals surface area contributed by atoms with E-state index < -0.39 is 12.6 Å². The van der Waals surface area contributed by atoms with E-state index >= 15 is 0 Å². The van der Waals surface area contributed by atoms with Gasteiger partial charge in [-0.05, 0) is 67.1 Å². The number of aryl methyl sites for hydroxylation is 2. The van der Waals surface area contributed by atoms with Crippen LogP contribution in [0.4, 0.5) is 0 Å². The number of carbonyl (C=O) groups excluding carboxylic acids is 1. The fourth-order valence-corrected chi connectivity index (χ4v) is 3.76. The standard InChI is InChI=1S/C22H25NO5/c1-14-11-17(12-15(2)21(14)28-13-20(24)25)22(26)23-9-7-16-5-4-6-19(27-3)18(16)8-10-23/h4-6,11-12H,7-10,13H2,1-3H3,(H,24,25). The Kier molecular flexibility index (Phi) is 5.87. The molecule has 6 heteroatoms. The second kappa shape index (κ2) is 8.33. The summed E-state index contributed by atoms with van der Waals surface area (Å²) in [6, 6.07) is 9.57. The Hall–Kier alpha value is -3.02. The summed E-state index contributed by atoms with van der Waals surface area (Å²) >= 11 is 0. The Bertz CT molecular complexity index is 883. The molecule has 2 aromatic carbocycles. The van der Waals surface area contributed by atoms with Crippen molar-refractivity contribution in [2.75, 3.05) is 26.8 Å². The minimum absolute atomic E-state index is 0.0252. The van der Waals surface area contributed by atoms with Gasteiger partial charge in [0.1, 0.15) is 11.5 Å². The van der Waals surface area contributed by atoms with E-state index in [0.717, 1.165) is 29.7 Å². The average Bonchev–Trinajstić information content (AvgIpc) is 2.89. The highest BCUT2D eigenvalue weighted by Gasteiger charge is 2.22. The molecule has 148 valence electrons. The lowest BCUT2D eigenvalue weighted by Gasteiger charge is -2.21. The smallest absolute Gasteiger partial charge is 0.341 e. The van der Waals surface area contributed by atoms with Gasteiger partial charge in [-0.1, -0.05) is 12.1 Å². The molecule has 0 fully saturated rings. The molecular weight excluding hydrogens is 358 g/mol. The highest BCUT2D eigenvalue weighted by Crippen LogP contribution is 2.28. The number of aliphatic carboxylic acids is 1. The first-order valence-corrected chi connectivity index (χ1v) is 9.30. The predicted molar refractivity (Wildman–Crippen MR) is 105 cm³/mol. The lowest BCUT2D eigenvalue weighted by Crippen LogP contribution is -2.33. The molecule has 0 spiro atoms. The molecule has 3 rings (SSSR count). The largest absolute Gasteiger partial charge is 0.496 e. The number of rotatable bonds is 5. The molecule has 2 aromatic rings. The Morgan fingerprint density at radius 1 is 1.11 bits per heavy atom. The summed E-state index contributed by atoms with van der Waals surface area (Å²) in [6.45, 7) is 4.52. The van der Waals surface area contributed by atoms with Gasteiger partial charge >= 0.3 is 5.97 Å². The van der Waals surface area contributed by atoms with Crippen molar-refractivity contribution in [2.45, 2.75) is 26.7 Å². The fraction of sp³-hybridized carbons (Fsp3) is 0.364. The van der Waals surface area contributed by atoms with Gasteiger partial charge in [0.05, 0.1) is 7.11 Å². The zero-order chi connectivity index (χ0) is 20.3. The Balaban J connectivity index is 1.78. The van der Waals surface area contributed by atoms with Gasteiger partial charge in [-0.3, -0.25) is 4.79 Å². The monoisotopic (exact) mass is 383 g/mol. The molecule has 1 aliphatic rings. The van der Waals surface area contributed by atoms with Crippen LogP contribution in [0.15, 0.2) is 30.3 Å².